The summed E-state index contributed by atoms with van der Waals surface area (Å²) in [5.74, 6) is -0.324. The highest BCUT2D eigenvalue weighted by Crippen LogP contribution is 2.32. The zero-order valence-corrected chi connectivity index (χ0v) is 11.9. The fourth-order valence-corrected chi connectivity index (χ4v) is 2.84. The van der Waals surface area contributed by atoms with Crippen LogP contribution >= 0.6 is 11.6 Å². The molecule has 0 spiro atoms. The summed E-state index contributed by atoms with van der Waals surface area (Å²) in [6.07, 6.45) is 1.85. The molecule has 106 valence electrons. The monoisotopic (exact) mass is 300 g/mol. The molecule has 0 saturated heterocycles. The maximum absolute atomic E-state index is 11.1. The second-order valence-corrected chi connectivity index (χ2v) is 5.35. The lowest BCUT2D eigenvalue weighted by atomic mass is 9.91. The van der Waals surface area contributed by atoms with Gasteiger partial charge in [0.2, 0.25) is 6.54 Å². The highest BCUT2D eigenvalue weighted by atomic mass is 35.5. The molecule has 0 radical (unpaired) electrons. The molecule has 1 atom stereocenters. The Hall–Kier alpha value is -2.33. The average molecular weight is 301 g/mol. The van der Waals surface area contributed by atoms with Crippen LogP contribution in [0.1, 0.15) is 17.0 Å². The van der Waals surface area contributed by atoms with Gasteiger partial charge in [-0.3, -0.25) is 10.1 Å². The van der Waals surface area contributed by atoms with E-state index in [1.54, 1.807) is 12.1 Å². The predicted octanol–water partition coefficient (Wildman–Crippen LogP) is 4.23. The van der Waals surface area contributed by atoms with Gasteiger partial charge in [0, 0.05) is 27.0 Å². The summed E-state index contributed by atoms with van der Waals surface area (Å²) in [5.41, 5.74) is 2.75. The normalized spacial score (nSPS) is 12.4. The van der Waals surface area contributed by atoms with Gasteiger partial charge >= 0.3 is 0 Å². The first kappa shape index (κ1) is 13.6. The van der Waals surface area contributed by atoms with Crippen LogP contribution in [0.4, 0.5) is 0 Å². The van der Waals surface area contributed by atoms with Gasteiger partial charge in [-0.2, -0.15) is 0 Å². The standard InChI is InChI=1S/C16H13ClN2O2/c17-12-5-3-4-11(8-12)15(10-19(20)21)14-9-18-16-7-2-1-6-13(14)16/h1-9,15,18H,10H2. The van der Waals surface area contributed by atoms with Gasteiger partial charge in [0.25, 0.3) is 0 Å². The van der Waals surface area contributed by atoms with Crippen LogP contribution in [-0.4, -0.2) is 16.5 Å². The molecule has 3 rings (SSSR count). The smallest absolute Gasteiger partial charge is 0.214 e. The summed E-state index contributed by atoms with van der Waals surface area (Å²) in [7, 11) is 0. The van der Waals surface area contributed by atoms with Crippen molar-refractivity contribution in [2.24, 2.45) is 0 Å². The van der Waals surface area contributed by atoms with Crippen molar-refractivity contribution in [2.45, 2.75) is 5.92 Å². The first-order valence-corrected chi connectivity index (χ1v) is 6.96. The lowest BCUT2D eigenvalue weighted by Crippen LogP contribution is -2.13. The maximum atomic E-state index is 11.1. The van der Waals surface area contributed by atoms with E-state index in [1.165, 1.54) is 0 Å². The zero-order valence-electron chi connectivity index (χ0n) is 11.1. The van der Waals surface area contributed by atoms with Gasteiger partial charge < -0.3 is 4.98 Å². The number of fused-ring (bicyclic) bond motifs is 1. The van der Waals surface area contributed by atoms with E-state index >= 15 is 0 Å². The van der Waals surface area contributed by atoms with Gasteiger partial charge in [-0.1, -0.05) is 41.9 Å². The van der Waals surface area contributed by atoms with Gasteiger partial charge in [0.15, 0.2) is 0 Å². The molecule has 21 heavy (non-hydrogen) atoms. The summed E-state index contributed by atoms with van der Waals surface area (Å²) in [4.78, 5) is 13.9. The second-order valence-electron chi connectivity index (χ2n) is 4.91. The number of aromatic nitrogens is 1. The van der Waals surface area contributed by atoms with Crippen molar-refractivity contribution >= 4 is 22.5 Å². The van der Waals surface area contributed by atoms with E-state index in [2.05, 4.69) is 4.98 Å². The molecule has 3 aromatic rings. The number of hydrogen-bond acceptors (Lipinski definition) is 2. The first-order chi connectivity index (χ1) is 10.1. The third-order valence-electron chi connectivity index (χ3n) is 3.58. The Morgan fingerprint density at radius 1 is 1.19 bits per heavy atom. The highest BCUT2D eigenvalue weighted by Gasteiger charge is 2.23. The van der Waals surface area contributed by atoms with Gasteiger partial charge in [0.1, 0.15) is 0 Å². The van der Waals surface area contributed by atoms with Gasteiger partial charge in [0.05, 0.1) is 5.92 Å². The highest BCUT2D eigenvalue weighted by molar-refractivity contribution is 6.30. The van der Waals surface area contributed by atoms with Crippen molar-refractivity contribution in [1.82, 2.24) is 4.98 Å². The van der Waals surface area contributed by atoms with E-state index in [0.29, 0.717) is 5.02 Å². The molecule has 0 amide bonds. The predicted molar refractivity (Wildman–Crippen MR) is 83.5 cm³/mol. The number of rotatable bonds is 4. The van der Waals surface area contributed by atoms with Crippen molar-refractivity contribution in [3.63, 3.8) is 0 Å². The Balaban J connectivity index is 2.13. The minimum Gasteiger partial charge on any atom is -0.361 e. The van der Waals surface area contributed by atoms with Crippen molar-refractivity contribution in [1.29, 1.82) is 0 Å². The Kier molecular flexibility index (Phi) is 3.62. The number of benzene rings is 2. The quantitative estimate of drug-likeness (QED) is 0.579. The second kappa shape index (κ2) is 5.58. The van der Waals surface area contributed by atoms with Crippen molar-refractivity contribution in [2.75, 3.05) is 6.54 Å². The molecule has 0 aliphatic heterocycles. The van der Waals surface area contributed by atoms with E-state index in [9.17, 15) is 10.1 Å². The molecule has 1 N–H and O–H groups in total. The van der Waals surface area contributed by atoms with Crippen LogP contribution in [0.5, 0.6) is 0 Å². The molecule has 0 aliphatic carbocycles. The van der Waals surface area contributed by atoms with E-state index in [-0.39, 0.29) is 17.4 Å². The Labute approximate surface area is 126 Å². The minimum absolute atomic E-state index is 0.164. The first-order valence-electron chi connectivity index (χ1n) is 6.58. The molecule has 5 heteroatoms. The van der Waals surface area contributed by atoms with Crippen LogP contribution in [0, 0.1) is 10.1 Å². The number of para-hydroxylation sites is 1. The molecule has 1 unspecified atom stereocenters. The van der Waals surface area contributed by atoms with Crippen LogP contribution in [-0.2, 0) is 0 Å². The molecule has 0 bridgehead atoms. The van der Waals surface area contributed by atoms with Crippen molar-refractivity contribution < 1.29 is 4.92 Å². The van der Waals surface area contributed by atoms with Crippen LogP contribution in [0.3, 0.4) is 0 Å². The SMILES string of the molecule is O=[N+]([O-])CC(c1cccc(Cl)c1)c1c[nH]c2ccccc12. The number of hydrogen-bond donors (Lipinski definition) is 1. The topological polar surface area (TPSA) is 58.9 Å². The minimum atomic E-state index is -0.324. The summed E-state index contributed by atoms with van der Waals surface area (Å²) in [5, 5.41) is 12.6. The van der Waals surface area contributed by atoms with Gasteiger partial charge in [-0.15, -0.1) is 0 Å². The van der Waals surface area contributed by atoms with Crippen LogP contribution in [0.25, 0.3) is 10.9 Å². The molecule has 0 saturated carbocycles. The zero-order chi connectivity index (χ0) is 14.8. The lowest BCUT2D eigenvalue weighted by molar-refractivity contribution is -0.481. The molecular formula is C16H13ClN2O2. The summed E-state index contributed by atoms with van der Waals surface area (Å²) in [6, 6.07) is 15.0. The number of aromatic amines is 1. The molecule has 1 heterocycles. The molecule has 2 aromatic carbocycles. The number of nitro groups is 1. The van der Waals surface area contributed by atoms with E-state index in [1.807, 2.05) is 42.6 Å². The van der Waals surface area contributed by atoms with Gasteiger partial charge in [-0.05, 0) is 29.3 Å². The summed E-state index contributed by atoms with van der Waals surface area (Å²) in [6.45, 7) is -0.164. The fraction of sp³-hybridized carbons (Fsp3) is 0.125. The fourth-order valence-electron chi connectivity index (χ4n) is 2.64. The van der Waals surface area contributed by atoms with Crippen LogP contribution in [0.15, 0.2) is 54.7 Å². The third-order valence-corrected chi connectivity index (χ3v) is 3.81. The third kappa shape index (κ3) is 2.76. The largest absolute Gasteiger partial charge is 0.361 e. The molecular weight excluding hydrogens is 288 g/mol. The molecule has 1 aromatic heterocycles. The number of H-pyrrole nitrogens is 1. The lowest BCUT2D eigenvalue weighted by Gasteiger charge is -2.13. The van der Waals surface area contributed by atoms with Crippen LogP contribution in [0.2, 0.25) is 5.02 Å². The molecule has 0 aliphatic rings. The van der Waals surface area contributed by atoms with E-state index < -0.39 is 0 Å². The number of halogens is 1. The summed E-state index contributed by atoms with van der Waals surface area (Å²) >= 11 is 6.03. The van der Waals surface area contributed by atoms with Crippen molar-refractivity contribution in [3.05, 3.63) is 81.0 Å². The Morgan fingerprint density at radius 2 is 2.00 bits per heavy atom. The van der Waals surface area contributed by atoms with E-state index in [0.717, 1.165) is 22.0 Å². The van der Waals surface area contributed by atoms with E-state index in [4.69, 9.17) is 11.6 Å². The summed E-state index contributed by atoms with van der Waals surface area (Å²) < 4.78 is 0. The molecule has 4 nitrogen and oxygen atoms in total. The Bertz CT molecular complexity index is 798. The Morgan fingerprint density at radius 3 is 2.76 bits per heavy atom. The number of nitrogens with zero attached hydrogens (tertiary/aromatic N) is 1. The number of nitrogens with one attached hydrogen (secondary N) is 1. The molecule has 0 fully saturated rings. The maximum Gasteiger partial charge on any atom is 0.214 e. The van der Waals surface area contributed by atoms with Crippen LogP contribution < -0.4 is 0 Å². The average Bonchev–Trinajstić information content (AvgIpc) is 2.88. The van der Waals surface area contributed by atoms with Crippen molar-refractivity contribution in [3.8, 4) is 0 Å². The van der Waals surface area contributed by atoms with Gasteiger partial charge in [-0.25, -0.2) is 0 Å².